The summed E-state index contributed by atoms with van der Waals surface area (Å²) >= 11 is 0. The van der Waals surface area contributed by atoms with Gasteiger partial charge in [0, 0.05) is 18.9 Å². The Bertz CT molecular complexity index is 339. The van der Waals surface area contributed by atoms with Gasteiger partial charge in [0.1, 0.15) is 0 Å². The smallest absolute Gasteiger partial charge is 0.228 e. The van der Waals surface area contributed by atoms with Crippen LogP contribution in [0.25, 0.3) is 0 Å². The molecule has 1 unspecified atom stereocenters. The number of aromatic nitrogens is 2. The Morgan fingerprint density at radius 3 is 2.47 bits per heavy atom. The van der Waals surface area contributed by atoms with Gasteiger partial charge >= 0.3 is 0 Å². The molecule has 0 fully saturated rings. The maximum atomic E-state index is 5.97. The largest absolute Gasteiger partial charge is 0.339 e. The monoisotopic (exact) mass is 239 g/mol. The van der Waals surface area contributed by atoms with E-state index in [9.17, 15) is 0 Å². The summed E-state index contributed by atoms with van der Waals surface area (Å²) in [6.07, 6.45) is 2.59. The summed E-state index contributed by atoms with van der Waals surface area (Å²) in [6.45, 7) is 10.8. The highest BCUT2D eigenvalue weighted by molar-refractivity contribution is 4.90. The Balaban J connectivity index is 2.48. The maximum absolute atomic E-state index is 5.97. The third-order valence-electron chi connectivity index (χ3n) is 2.88. The van der Waals surface area contributed by atoms with Crippen LogP contribution in [0.3, 0.4) is 0 Å². The predicted molar refractivity (Wildman–Crippen MR) is 68.6 cm³/mol. The van der Waals surface area contributed by atoms with Crippen molar-refractivity contribution in [2.24, 2.45) is 17.1 Å². The van der Waals surface area contributed by atoms with Gasteiger partial charge < -0.3 is 10.3 Å². The van der Waals surface area contributed by atoms with Crippen molar-refractivity contribution in [3.8, 4) is 0 Å². The number of aryl methyl sites for hydroxylation is 1. The Labute approximate surface area is 104 Å². The zero-order valence-corrected chi connectivity index (χ0v) is 11.7. The lowest BCUT2D eigenvalue weighted by atomic mass is 9.90. The van der Waals surface area contributed by atoms with E-state index in [1.807, 2.05) is 0 Å². The third kappa shape index (κ3) is 5.31. The first-order valence-corrected chi connectivity index (χ1v) is 6.35. The minimum Gasteiger partial charge on any atom is -0.339 e. The predicted octanol–water partition coefficient (Wildman–Crippen LogP) is 2.57. The van der Waals surface area contributed by atoms with E-state index in [2.05, 4.69) is 44.8 Å². The highest BCUT2D eigenvalue weighted by atomic mass is 16.5. The zero-order chi connectivity index (χ0) is 13.1. The minimum absolute atomic E-state index is 0.0888. The lowest BCUT2D eigenvalue weighted by molar-refractivity contribution is 0.342. The number of hydrogen-bond acceptors (Lipinski definition) is 4. The molecule has 0 aliphatic heterocycles. The molecule has 0 saturated carbocycles. The van der Waals surface area contributed by atoms with Crippen molar-refractivity contribution in [1.29, 1.82) is 0 Å². The van der Waals surface area contributed by atoms with E-state index in [0.29, 0.717) is 23.6 Å². The van der Waals surface area contributed by atoms with Crippen LogP contribution in [0.2, 0.25) is 0 Å². The SMILES string of the molecule is CC(C)C(N)Cc1nc(CCC(C)(C)C)no1. The fourth-order valence-corrected chi connectivity index (χ4v) is 1.40. The molecule has 4 heteroatoms. The first-order chi connectivity index (χ1) is 7.78. The van der Waals surface area contributed by atoms with E-state index < -0.39 is 0 Å². The molecule has 0 aliphatic carbocycles. The van der Waals surface area contributed by atoms with Crippen LogP contribution in [0.1, 0.15) is 52.8 Å². The Morgan fingerprint density at radius 2 is 1.94 bits per heavy atom. The highest BCUT2D eigenvalue weighted by Crippen LogP contribution is 2.20. The van der Waals surface area contributed by atoms with E-state index >= 15 is 0 Å². The molecule has 1 aromatic rings. The van der Waals surface area contributed by atoms with Gasteiger partial charge in [-0.15, -0.1) is 0 Å². The summed E-state index contributed by atoms with van der Waals surface area (Å²) in [6, 6.07) is 0.0888. The summed E-state index contributed by atoms with van der Waals surface area (Å²) < 4.78 is 5.21. The second kappa shape index (κ2) is 5.63. The average Bonchev–Trinajstić information content (AvgIpc) is 2.61. The molecule has 0 bridgehead atoms. The van der Waals surface area contributed by atoms with Gasteiger partial charge in [-0.3, -0.25) is 0 Å². The Morgan fingerprint density at radius 1 is 1.29 bits per heavy atom. The van der Waals surface area contributed by atoms with Crippen LogP contribution in [0.4, 0.5) is 0 Å². The van der Waals surface area contributed by atoms with Crippen LogP contribution >= 0.6 is 0 Å². The van der Waals surface area contributed by atoms with Gasteiger partial charge in [-0.05, 0) is 17.8 Å². The van der Waals surface area contributed by atoms with E-state index in [0.717, 1.165) is 18.7 Å². The highest BCUT2D eigenvalue weighted by Gasteiger charge is 2.16. The molecule has 1 rings (SSSR count). The second-order valence-electron chi connectivity index (χ2n) is 6.28. The van der Waals surface area contributed by atoms with Crippen LogP contribution < -0.4 is 5.73 Å². The van der Waals surface area contributed by atoms with Crippen molar-refractivity contribution in [2.75, 3.05) is 0 Å². The number of hydrogen-bond donors (Lipinski definition) is 1. The minimum atomic E-state index is 0.0888. The molecular weight excluding hydrogens is 214 g/mol. The van der Waals surface area contributed by atoms with E-state index in [-0.39, 0.29) is 6.04 Å². The number of nitrogens with zero attached hydrogens (tertiary/aromatic N) is 2. The second-order valence-corrected chi connectivity index (χ2v) is 6.28. The molecule has 0 aliphatic rings. The summed E-state index contributed by atoms with van der Waals surface area (Å²) in [7, 11) is 0. The molecule has 2 N–H and O–H groups in total. The van der Waals surface area contributed by atoms with Gasteiger partial charge in [0.25, 0.3) is 0 Å². The van der Waals surface area contributed by atoms with E-state index in [1.165, 1.54) is 0 Å². The first kappa shape index (κ1) is 14.2. The van der Waals surface area contributed by atoms with Crippen molar-refractivity contribution in [3.05, 3.63) is 11.7 Å². The van der Waals surface area contributed by atoms with Crippen LogP contribution in [0, 0.1) is 11.3 Å². The summed E-state index contributed by atoms with van der Waals surface area (Å²) in [5, 5.41) is 3.99. The Kier molecular flexibility index (Phi) is 4.69. The molecule has 0 saturated heterocycles. The molecule has 1 aromatic heterocycles. The van der Waals surface area contributed by atoms with Crippen molar-refractivity contribution in [3.63, 3.8) is 0 Å². The molecule has 0 spiro atoms. The molecule has 98 valence electrons. The molecule has 0 aromatic carbocycles. The van der Waals surface area contributed by atoms with Crippen molar-refractivity contribution >= 4 is 0 Å². The van der Waals surface area contributed by atoms with Gasteiger partial charge in [0.05, 0.1) is 0 Å². The number of nitrogens with two attached hydrogens (primary N) is 1. The van der Waals surface area contributed by atoms with Gasteiger partial charge in [-0.1, -0.05) is 39.8 Å². The standard InChI is InChI=1S/C13H25N3O/c1-9(2)10(14)8-12-15-11(16-17-12)6-7-13(3,4)5/h9-10H,6-8,14H2,1-5H3. The van der Waals surface area contributed by atoms with Crippen molar-refractivity contribution in [2.45, 2.75) is 59.9 Å². The fourth-order valence-electron chi connectivity index (χ4n) is 1.40. The lowest BCUT2D eigenvalue weighted by Crippen LogP contribution is -2.28. The summed E-state index contributed by atoms with van der Waals surface area (Å²) in [5.41, 5.74) is 6.27. The lowest BCUT2D eigenvalue weighted by Gasteiger charge is -2.15. The van der Waals surface area contributed by atoms with Crippen LogP contribution in [0.5, 0.6) is 0 Å². The van der Waals surface area contributed by atoms with Crippen molar-refractivity contribution < 1.29 is 4.52 Å². The molecular formula is C13H25N3O. The third-order valence-corrected chi connectivity index (χ3v) is 2.88. The normalized spacial score (nSPS) is 14.3. The molecule has 1 heterocycles. The van der Waals surface area contributed by atoms with Crippen LogP contribution in [-0.4, -0.2) is 16.2 Å². The maximum Gasteiger partial charge on any atom is 0.228 e. The summed E-state index contributed by atoms with van der Waals surface area (Å²) in [5.74, 6) is 1.89. The summed E-state index contributed by atoms with van der Waals surface area (Å²) in [4.78, 5) is 4.38. The Hall–Kier alpha value is -0.900. The van der Waals surface area contributed by atoms with E-state index in [1.54, 1.807) is 0 Å². The molecule has 0 radical (unpaired) electrons. The fraction of sp³-hybridized carbons (Fsp3) is 0.846. The topological polar surface area (TPSA) is 64.9 Å². The van der Waals surface area contributed by atoms with Crippen LogP contribution in [-0.2, 0) is 12.8 Å². The van der Waals surface area contributed by atoms with Crippen LogP contribution in [0.15, 0.2) is 4.52 Å². The quantitative estimate of drug-likeness (QED) is 0.857. The first-order valence-electron chi connectivity index (χ1n) is 6.35. The van der Waals surface area contributed by atoms with E-state index in [4.69, 9.17) is 10.3 Å². The molecule has 1 atom stereocenters. The van der Waals surface area contributed by atoms with Gasteiger partial charge in [-0.25, -0.2) is 0 Å². The molecule has 0 amide bonds. The van der Waals surface area contributed by atoms with Gasteiger partial charge in [-0.2, -0.15) is 4.98 Å². The number of rotatable bonds is 5. The van der Waals surface area contributed by atoms with Gasteiger partial charge in [0.15, 0.2) is 5.82 Å². The molecule has 17 heavy (non-hydrogen) atoms. The molecule has 4 nitrogen and oxygen atoms in total. The van der Waals surface area contributed by atoms with Gasteiger partial charge in [0.2, 0.25) is 5.89 Å². The average molecular weight is 239 g/mol. The van der Waals surface area contributed by atoms with Crippen molar-refractivity contribution in [1.82, 2.24) is 10.1 Å². The zero-order valence-electron chi connectivity index (χ0n) is 11.7.